The van der Waals surface area contributed by atoms with E-state index >= 15 is 0 Å². The Hall–Kier alpha value is -2.39. The van der Waals surface area contributed by atoms with Crippen LogP contribution >= 0.6 is 0 Å². The summed E-state index contributed by atoms with van der Waals surface area (Å²) in [6.07, 6.45) is 3.71. The smallest absolute Gasteiger partial charge is 0.245 e. The molecule has 8 nitrogen and oxygen atoms in total. The number of fused-ring (bicyclic) bond motifs is 1. The van der Waals surface area contributed by atoms with E-state index in [1.54, 1.807) is 42.5 Å². The van der Waals surface area contributed by atoms with Gasteiger partial charge in [-0.2, -0.15) is 4.31 Å². The van der Waals surface area contributed by atoms with Crippen molar-refractivity contribution in [3.05, 3.63) is 63.5 Å². The Morgan fingerprint density at radius 1 is 1.00 bits per heavy atom. The van der Waals surface area contributed by atoms with Crippen molar-refractivity contribution in [3.63, 3.8) is 0 Å². The van der Waals surface area contributed by atoms with Crippen molar-refractivity contribution in [3.8, 4) is 5.69 Å². The lowest BCUT2D eigenvalue weighted by atomic mass is 10.1. The van der Waals surface area contributed by atoms with E-state index in [9.17, 15) is 18.0 Å². The van der Waals surface area contributed by atoms with Gasteiger partial charge in [-0.25, -0.2) is 31.9 Å². The fourth-order valence-corrected chi connectivity index (χ4v) is 4.16. The fraction of sp³-hybridized carbons (Fsp3) is 0.286. The molecule has 2 bridgehead atoms. The zero-order valence-electron chi connectivity index (χ0n) is 12.2. The van der Waals surface area contributed by atoms with E-state index in [1.807, 2.05) is 0 Å². The van der Waals surface area contributed by atoms with Crippen LogP contribution in [0.15, 0.2) is 52.1 Å². The molecule has 5 rings (SSSR count). The zero-order chi connectivity index (χ0) is 16.4. The molecule has 0 saturated carbocycles. The summed E-state index contributed by atoms with van der Waals surface area (Å²) >= 11 is 0. The molecule has 1 aromatic heterocycles. The third-order valence-electron chi connectivity index (χ3n) is 4.18. The summed E-state index contributed by atoms with van der Waals surface area (Å²) in [5.41, 5.74) is -0.551. The minimum atomic E-state index is -3.49. The summed E-state index contributed by atoms with van der Waals surface area (Å²) in [7, 11) is -3.49. The molecule has 4 heterocycles. The Morgan fingerprint density at radius 2 is 1.65 bits per heavy atom. The number of hydrogen-bond donors (Lipinski definition) is 0. The molecule has 1 aromatic carbocycles. The molecule has 9 heteroatoms. The first kappa shape index (κ1) is 14.2. The van der Waals surface area contributed by atoms with Gasteiger partial charge in [-0.15, -0.1) is 0 Å². The van der Waals surface area contributed by atoms with E-state index in [0.717, 1.165) is 10.8 Å². The second kappa shape index (κ2) is 4.56. The van der Waals surface area contributed by atoms with Crippen LogP contribution in [-0.4, -0.2) is 39.5 Å². The average Bonchev–Trinajstić information content (AvgIpc) is 2.81. The molecular formula is C14H14N4O4S. The Balaban J connectivity index is 1.99. The van der Waals surface area contributed by atoms with Gasteiger partial charge in [0.1, 0.15) is 6.17 Å². The highest BCUT2D eigenvalue weighted by atomic mass is 32.2. The van der Waals surface area contributed by atoms with E-state index in [-0.39, 0.29) is 6.54 Å². The third kappa shape index (κ3) is 1.90. The molecule has 0 fully saturated rings. The maximum absolute atomic E-state index is 12.7. The van der Waals surface area contributed by atoms with Crippen LogP contribution in [0.4, 0.5) is 0 Å². The van der Waals surface area contributed by atoms with Gasteiger partial charge in [-0.05, 0) is 18.2 Å². The van der Waals surface area contributed by atoms with Crippen LogP contribution in [0.5, 0.6) is 0 Å². The predicted octanol–water partition coefficient (Wildman–Crippen LogP) is -0.315. The average molecular weight is 334 g/mol. The van der Waals surface area contributed by atoms with Crippen LogP contribution in [0.25, 0.3) is 5.69 Å². The Morgan fingerprint density at radius 3 is 2.30 bits per heavy atom. The van der Waals surface area contributed by atoms with Crippen molar-refractivity contribution in [2.75, 3.05) is 12.8 Å². The predicted molar refractivity (Wildman–Crippen MR) is 83.1 cm³/mol. The summed E-state index contributed by atoms with van der Waals surface area (Å²) in [4.78, 5) is 25.4. The molecule has 3 aliphatic heterocycles. The Bertz CT molecular complexity index is 1030. The normalized spacial score (nSPS) is 23.2. The maximum atomic E-state index is 12.7. The molecule has 3 aliphatic rings. The fourth-order valence-electron chi connectivity index (χ4n) is 3.18. The number of para-hydroxylation sites is 1. The second-order valence-electron chi connectivity index (χ2n) is 5.62. The first-order valence-corrected chi connectivity index (χ1v) is 8.91. The van der Waals surface area contributed by atoms with E-state index in [1.165, 1.54) is 13.7 Å². The highest BCUT2D eigenvalue weighted by Crippen LogP contribution is 2.31. The van der Waals surface area contributed by atoms with Crippen molar-refractivity contribution in [1.82, 2.24) is 18.2 Å². The molecule has 2 atom stereocenters. The monoisotopic (exact) mass is 334 g/mol. The molecule has 23 heavy (non-hydrogen) atoms. The van der Waals surface area contributed by atoms with Crippen molar-refractivity contribution in [2.45, 2.75) is 12.2 Å². The lowest BCUT2D eigenvalue weighted by molar-refractivity contribution is 0.145. The molecular weight excluding hydrogens is 320 g/mol. The molecule has 0 N–H and O–H groups in total. The third-order valence-corrected chi connectivity index (χ3v) is 5.40. The van der Waals surface area contributed by atoms with Gasteiger partial charge >= 0.3 is 11.4 Å². The topological polar surface area (TPSA) is 86.3 Å². The van der Waals surface area contributed by atoms with Crippen LogP contribution in [0.2, 0.25) is 0 Å². The Kier molecular flexibility index (Phi) is 2.82. The first-order chi connectivity index (χ1) is 10.9. The Labute approximate surface area is 131 Å². The summed E-state index contributed by atoms with van der Waals surface area (Å²) in [6, 6.07) is 8.10. The van der Waals surface area contributed by atoms with Gasteiger partial charge in [-0.3, -0.25) is 0 Å². The minimum Gasteiger partial charge on any atom is -0.245 e. The number of hydrogen-bond acceptors (Lipinski definition) is 4. The quantitative estimate of drug-likeness (QED) is 0.705. The minimum absolute atomic E-state index is 0.151. The number of benzene rings is 1. The van der Waals surface area contributed by atoms with Crippen LogP contribution in [-0.2, 0) is 10.0 Å². The van der Waals surface area contributed by atoms with E-state index in [4.69, 9.17) is 0 Å². The lowest BCUT2D eigenvalue weighted by Gasteiger charge is -2.40. The number of nitrogens with zero attached hydrogens (tertiary/aromatic N) is 4. The molecule has 2 unspecified atom stereocenters. The molecule has 0 aliphatic carbocycles. The molecule has 0 saturated heterocycles. The second-order valence-corrected chi connectivity index (χ2v) is 7.56. The van der Waals surface area contributed by atoms with Gasteiger partial charge in [0, 0.05) is 6.54 Å². The summed E-state index contributed by atoms with van der Waals surface area (Å²) in [6.45, 7) is 0.151. The summed E-state index contributed by atoms with van der Waals surface area (Å²) < 4.78 is 28.7. The number of rotatable bonds is 2. The van der Waals surface area contributed by atoms with Crippen molar-refractivity contribution >= 4 is 10.0 Å². The van der Waals surface area contributed by atoms with Gasteiger partial charge in [0.05, 0.1) is 18.0 Å². The largest absolute Gasteiger partial charge is 0.353 e. The highest BCUT2D eigenvalue weighted by molar-refractivity contribution is 7.88. The molecule has 0 amide bonds. The summed E-state index contributed by atoms with van der Waals surface area (Å²) in [5.74, 6) is 0. The van der Waals surface area contributed by atoms with Crippen molar-refractivity contribution in [2.24, 2.45) is 0 Å². The van der Waals surface area contributed by atoms with Gasteiger partial charge < -0.3 is 0 Å². The molecule has 0 radical (unpaired) electrons. The number of aromatic nitrogens is 3. The van der Waals surface area contributed by atoms with E-state index < -0.39 is 33.6 Å². The van der Waals surface area contributed by atoms with Gasteiger partial charge in [0.25, 0.3) is 0 Å². The van der Waals surface area contributed by atoms with Crippen molar-refractivity contribution in [1.29, 1.82) is 0 Å². The van der Waals surface area contributed by atoms with E-state index in [0.29, 0.717) is 5.69 Å². The SMILES string of the molecule is CS(=O)(=O)N1CC2C=CC1n1c(=O)n(-c3ccccc3)c(=O)n12. The van der Waals surface area contributed by atoms with Crippen LogP contribution in [0.1, 0.15) is 12.2 Å². The van der Waals surface area contributed by atoms with Crippen molar-refractivity contribution < 1.29 is 8.42 Å². The van der Waals surface area contributed by atoms with E-state index in [2.05, 4.69) is 0 Å². The van der Waals surface area contributed by atoms with Gasteiger partial charge in [0.15, 0.2) is 0 Å². The maximum Gasteiger partial charge on any atom is 0.353 e. The van der Waals surface area contributed by atoms with Crippen LogP contribution in [0.3, 0.4) is 0 Å². The zero-order valence-corrected chi connectivity index (χ0v) is 13.0. The van der Waals surface area contributed by atoms with Crippen LogP contribution < -0.4 is 11.4 Å². The van der Waals surface area contributed by atoms with Gasteiger partial charge in [0.2, 0.25) is 10.0 Å². The summed E-state index contributed by atoms with van der Waals surface area (Å²) in [5, 5.41) is 0. The number of sulfonamides is 1. The standard InChI is InChI=1S/C14H14N4O4S/c1-23(21,22)15-9-11-7-8-12(15)18-14(20)16(13(19)17(11)18)10-5-3-2-4-6-10/h2-8,11-12H,9H2,1H3. The molecule has 0 spiro atoms. The molecule has 2 aromatic rings. The highest BCUT2D eigenvalue weighted by Gasteiger charge is 2.42. The first-order valence-electron chi connectivity index (χ1n) is 7.06. The van der Waals surface area contributed by atoms with Crippen LogP contribution in [0, 0.1) is 0 Å². The lowest BCUT2D eigenvalue weighted by Crippen LogP contribution is -2.53. The molecule has 120 valence electrons. The van der Waals surface area contributed by atoms with Gasteiger partial charge in [-0.1, -0.05) is 24.3 Å².